The Morgan fingerprint density at radius 3 is 2.72 bits per heavy atom. The second kappa shape index (κ2) is 6.80. The van der Waals surface area contributed by atoms with Crippen molar-refractivity contribution in [2.75, 3.05) is 32.8 Å². The summed E-state index contributed by atoms with van der Waals surface area (Å²) < 4.78 is 5.16. The summed E-state index contributed by atoms with van der Waals surface area (Å²) in [6, 6.07) is -1.29. The van der Waals surface area contributed by atoms with Crippen LogP contribution in [0.1, 0.15) is 6.92 Å². The van der Waals surface area contributed by atoms with Crippen LogP contribution in [0.5, 0.6) is 0 Å². The van der Waals surface area contributed by atoms with Crippen LogP contribution in [0.4, 0.5) is 4.79 Å². The van der Waals surface area contributed by atoms with Crippen molar-refractivity contribution in [3.63, 3.8) is 0 Å². The van der Waals surface area contributed by atoms with Gasteiger partial charge in [0.1, 0.15) is 12.6 Å². The lowest BCUT2D eigenvalue weighted by molar-refractivity contribution is -0.135. The van der Waals surface area contributed by atoms with Gasteiger partial charge in [0.05, 0.1) is 13.2 Å². The Hall–Kier alpha value is -1.83. The van der Waals surface area contributed by atoms with Crippen LogP contribution in [-0.2, 0) is 14.3 Å². The summed E-state index contributed by atoms with van der Waals surface area (Å²) in [6.07, 6.45) is 0. The molecule has 0 aromatic heterocycles. The van der Waals surface area contributed by atoms with Crippen LogP contribution in [0, 0.1) is 0 Å². The summed E-state index contributed by atoms with van der Waals surface area (Å²) in [4.78, 5) is 35.1. The molecular weight excluding hydrogens is 242 g/mol. The number of nitrogens with one attached hydrogen (secondary N) is 2. The third-order valence-electron chi connectivity index (χ3n) is 2.43. The number of nitrogens with zero attached hydrogens (tertiary/aromatic N) is 1. The number of morpholine rings is 1. The molecule has 8 heteroatoms. The zero-order chi connectivity index (χ0) is 13.5. The van der Waals surface area contributed by atoms with Crippen LogP contribution in [0.15, 0.2) is 0 Å². The Bertz CT molecular complexity index is 333. The van der Waals surface area contributed by atoms with Gasteiger partial charge in [0, 0.05) is 13.1 Å². The molecule has 1 heterocycles. The normalized spacial score (nSPS) is 19.2. The van der Waals surface area contributed by atoms with Gasteiger partial charge in [0.25, 0.3) is 0 Å². The number of hydrogen-bond acceptors (Lipinski definition) is 4. The third kappa shape index (κ3) is 3.88. The maximum absolute atomic E-state index is 11.7. The van der Waals surface area contributed by atoms with Gasteiger partial charge in [-0.15, -0.1) is 0 Å². The average molecular weight is 259 g/mol. The van der Waals surface area contributed by atoms with Gasteiger partial charge in [-0.1, -0.05) is 0 Å². The number of likely N-dealkylation sites (N-methyl/N-ethyl adjacent to an activating group) is 1. The van der Waals surface area contributed by atoms with Crippen molar-refractivity contribution in [2.45, 2.75) is 13.0 Å². The molecule has 1 fully saturated rings. The number of hydrogen-bond donors (Lipinski definition) is 3. The van der Waals surface area contributed by atoms with E-state index >= 15 is 0 Å². The Morgan fingerprint density at radius 1 is 1.39 bits per heavy atom. The number of urea groups is 1. The van der Waals surface area contributed by atoms with E-state index in [1.54, 1.807) is 6.92 Å². The number of carbonyl (C=O) groups is 3. The van der Waals surface area contributed by atoms with Crippen LogP contribution in [0.3, 0.4) is 0 Å². The highest BCUT2D eigenvalue weighted by molar-refractivity contribution is 5.88. The highest BCUT2D eigenvalue weighted by atomic mass is 16.5. The number of amides is 3. The molecule has 8 nitrogen and oxygen atoms in total. The minimum atomic E-state index is -1.13. The van der Waals surface area contributed by atoms with Gasteiger partial charge in [-0.05, 0) is 6.92 Å². The molecule has 1 aliphatic rings. The number of carboxylic acids is 1. The van der Waals surface area contributed by atoms with Crippen molar-refractivity contribution in [1.82, 2.24) is 15.5 Å². The fourth-order valence-electron chi connectivity index (χ4n) is 1.61. The van der Waals surface area contributed by atoms with Crippen molar-refractivity contribution >= 4 is 17.9 Å². The van der Waals surface area contributed by atoms with Crippen LogP contribution in [-0.4, -0.2) is 66.8 Å². The molecular formula is C10H17N3O5. The molecule has 0 saturated carbocycles. The zero-order valence-electron chi connectivity index (χ0n) is 10.1. The first kappa shape index (κ1) is 14.2. The van der Waals surface area contributed by atoms with Gasteiger partial charge in [0.2, 0.25) is 5.91 Å². The predicted octanol–water partition coefficient (Wildman–Crippen LogP) is -1.38. The van der Waals surface area contributed by atoms with E-state index in [4.69, 9.17) is 9.84 Å². The van der Waals surface area contributed by atoms with E-state index in [0.717, 1.165) is 0 Å². The Balaban J connectivity index is 2.60. The lowest BCUT2D eigenvalue weighted by Crippen LogP contribution is -2.58. The maximum Gasteiger partial charge on any atom is 0.323 e. The van der Waals surface area contributed by atoms with Gasteiger partial charge in [-0.25, -0.2) is 4.79 Å². The van der Waals surface area contributed by atoms with Gasteiger partial charge >= 0.3 is 12.0 Å². The molecule has 18 heavy (non-hydrogen) atoms. The Kier molecular flexibility index (Phi) is 5.37. The quantitative estimate of drug-likeness (QED) is 0.576. The smallest absolute Gasteiger partial charge is 0.323 e. The molecule has 0 bridgehead atoms. The molecule has 1 unspecified atom stereocenters. The number of carbonyl (C=O) groups excluding carboxylic acids is 2. The van der Waals surface area contributed by atoms with E-state index in [1.165, 1.54) is 4.90 Å². The molecule has 0 spiro atoms. The molecule has 0 aliphatic carbocycles. The molecule has 1 rings (SSSR count). The summed E-state index contributed by atoms with van der Waals surface area (Å²) in [5.41, 5.74) is 0. The van der Waals surface area contributed by atoms with Crippen molar-refractivity contribution in [1.29, 1.82) is 0 Å². The minimum absolute atomic E-state index is 0.117. The third-order valence-corrected chi connectivity index (χ3v) is 2.43. The molecule has 1 saturated heterocycles. The summed E-state index contributed by atoms with van der Waals surface area (Å²) in [7, 11) is 0. The number of rotatable bonds is 4. The van der Waals surface area contributed by atoms with Crippen molar-refractivity contribution < 1.29 is 24.2 Å². The van der Waals surface area contributed by atoms with Crippen molar-refractivity contribution in [2.24, 2.45) is 0 Å². The van der Waals surface area contributed by atoms with Gasteiger partial charge in [0.15, 0.2) is 0 Å². The SMILES string of the molecule is CCNC(=O)C1COCCN1C(=O)NCC(=O)O. The Morgan fingerprint density at radius 2 is 2.11 bits per heavy atom. The summed E-state index contributed by atoms with van der Waals surface area (Å²) in [6.45, 7) is 2.46. The first-order valence-corrected chi connectivity index (χ1v) is 5.68. The van der Waals surface area contributed by atoms with Crippen LogP contribution < -0.4 is 10.6 Å². The highest BCUT2D eigenvalue weighted by Crippen LogP contribution is 2.07. The van der Waals surface area contributed by atoms with E-state index in [9.17, 15) is 14.4 Å². The summed E-state index contributed by atoms with van der Waals surface area (Å²) in [5.74, 6) is -1.44. The van der Waals surface area contributed by atoms with Crippen molar-refractivity contribution in [3.05, 3.63) is 0 Å². The molecule has 0 aromatic rings. The zero-order valence-corrected chi connectivity index (χ0v) is 10.1. The van der Waals surface area contributed by atoms with E-state index in [-0.39, 0.29) is 19.1 Å². The molecule has 3 amide bonds. The first-order chi connectivity index (χ1) is 8.56. The fraction of sp³-hybridized carbons (Fsp3) is 0.700. The maximum atomic E-state index is 11.7. The highest BCUT2D eigenvalue weighted by Gasteiger charge is 2.32. The number of ether oxygens (including phenoxy) is 1. The molecule has 0 aromatic carbocycles. The van der Waals surface area contributed by atoms with Gasteiger partial charge < -0.3 is 25.4 Å². The average Bonchev–Trinajstić information content (AvgIpc) is 2.36. The van der Waals surface area contributed by atoms with Crippen LogP contribution in [0.2, 0.25) is 0 Å². The van der Waals surface area contributed by atoms with Gasteiger partial charge in [-0.3, -0.25) is 9.59 Å². The summed E-state index contributed by atoms with van der Waals surface area (Å²) >= 11 is 0. The minimum Gasteiger partial charge on any atom is -0.480 e. The van der Waals surface area contributed by atoms with E-state index in [1.807, 2.05) is 0 Å². The van der Waals surface area contributed by atoms with E-state index in [2.05, 4.69) is 10.6 Å². The number of aliphatic carboxylic acids is 1. The molecule has 0 radical (unpaired) electrons. The molecule has 3 N–H and O–H groups in total. The molecule has 1 atom stereocenters. The second-order valence-corrected chi connectivity index (χ2v) is 3.73. The van der Waals surface area contributed by atoms with Crippen molar-refractivity contribution in [3.8, 4) is 0 Å². The topological polar surface area (TPSA) is 108 Å². The molecule has 1 aliphatic heterocycles. The first-order valence-electron chi connectivity index (χ1n) is 5.68. The standard InChI is InChI=1S/C10H17N3O5/c1-2-11-9(16)7-6-18-4-3-13(7)10(17)12-5-8(14)15/h7H,2-6H2,1H3,(H,11,16)(H,12,17)(H,14,15). The lowest BCUT2D eigenvalue weighted by atomic mass is 10.2. The van der Waals surface area contributed by atoms with Crippen LogP contribution in [0.25, 0.3) is 0 Å². The Labute approximate surface area is 104 Å². The van der Waals surface area contributed by atoms with Gasteiger partial charge in [-0.2, -0.15) is 0 Å². The molecule has 102 valence electrons. The largest absolute Gasteiger partial charge is 0.480 e. The predicted molar refractivity (Wildman–Crippen MR) is 61.0 cm³/mol. The van der Waals surface area contributed by atoms with Crippen LogP contribution >= 0.6 is 0 Å². The number of carboxylic acid groups (broad SMARTS) is 1. The fourth-order valence-corrected chi connectivity index (χ4v) is 1.61. The van der Waals surface area contributed by atoms with E-state index < -0.39 is 24.6 Å². The summed E-state index contributed by atoms with van der Waals surface area (Å²) in [5, 5.41) is 13.3. The van der Waals surface area contributed by atoms with E-state index in [0.29, 0.717) is 13.2 Å². The lowest BCUT2D eigenvalue weighted by Gasteiger charge is -2.34. The monoisotopic (exact) mass is 259 g/mol. The second-order valence-electron chi connectivity index (χ2n) is 3.73.